The van der Waals surface area contributed by atoms with E-state index in [1.165, 1.54) is 12.1 Å². The zero-order valence-corrected chi connectivity index (χ0v) is 13.8. The van der Waals surface area contributed by atoms with Crippen molar-refractivity contribution in [3.05, 3.63) is 58.6 Å². The molecule has 2 rings (SSSR count). The fourth-order valence-electron chi connectivity index (χ4n) is 1.81. The Morgan fingerprint density at radius 2 is 1.55 bits per heavy atom. The molecule has 0 aliphatic carbocycles. The maximum Gasteiger partial charge on any atom is 0.225 e. The first-order valence-corrected chi connectivity index (χ1v) is 8.82. The molecule has 0 atom stereocenters. The number of carbonyl (C=O) groups is 1. The van der Waals surface area contributed by atoms with Gasteiger partial charge in [0.2, 0.25) is 5.91 Å². The number of para-hydroxylation sites is 1. The van der Waals surface area contributed by atoms with E-state index in [1.54, 1.807) is 36.4 Å². The van der Waals surface area contributed by atoms with Crippen molar-refractivity contribution in [2.45, 2.75) is 11.3 Å². The Balaban J connectivity index is 2.02. The molecule has 0 saturated carbocycles. The lowest BCUT2D eigenvalue weighted by Crippen LogP contribution is -2.17. The second-order valence-corrected chi connectivity index (χ2v) is 7.42. The van der Waals surface area contributed by atoms with E-state index in [9.17, 15) is 13.2 Å². The lowest BCUT2D eigenvalue weighted by Gasteiger charge is -2.08. The van der Waals surface area contributed by atoms with Gasteiger partial charge in [-0.3, -0.25) is 4.79 Å². The quantitative estimate of drug-likeness (QED) is 0.884. The number of carbonyl (C=O) groups excluding carboxylic acids is 1. The third kappa shape index (κ3) is 4.22. The van der Waals surface area contributed by atoms with Crippen LogP contribution in [-0.2, 0) is 14.6 Å². The molecule has 1 amide bonds. The van der Waals surface area contributed by atoms with Crippen LogP contribution < -0.4 is 5.32 Å². The molecule has 0 aliphatic heterocycles. The summed E-state index contributed by atoms with van der Waals surface area (Å²) in [4.78, 5) is 11.9. The van der Waals surface area contributed by atoms with E-state index < -0.39 is 15.7 Å². The topological polar surface area (TPSA) is 63.2 Å². The highest BCUT2D eigenvalue weighted by atomic mass is 35.5. The van der Waals surface area contributed by atoms with Crippen molar-refractivity contribution >= 4 is 44.6 Å². The molecule has 0 unspecified atom stereocenters. The Labute approximate surface area is 139 Å². The number of nitrogens with one attached hydrogen (secondary N) is 1. The molecule has 7 heteroatoms. The number of benzene rings is 2. The fourth-order valence-corrected chi connectivity index (χ4v) is 3.81. The Bertz CT molecular complexity index is 791. The summed E-state index contributed by atoms with van der Waals surface area (Å²) in [7, 11) is -3.61. The minimum atomic E-state index is -3.61. The molecule has 0 aromatic heterocycles. The van der Waals surface area contributed by atoms with E-state index in [2.05, 4.69) is 5.32 Å². The molecule has 2 aromatic carbocycles. The molecule has 0 radical (unpaired) electrons. The van der Waals surface area contributed by atoms with E-state index in [4.69, 9.17) is 23.2 Å². The largest absolute Gasteiger partial charge is 0.325 e. The minimum absolute atomic E-state index is 0.0298. The van der Waals surface area contributed by atoms with Crippen LogP contribution in [-0.4, -0.2) is 20.1 Å². The summed E-state index contributed by atoms with van der Waals surface area (Å²) in [6.45, 7) is 0. The van der Waals surface area contributed by atoms with Gasteiger partial charge in [0.25, 0.3) is 0 Å². The Hall–Kier alpha value is -1.56. The van der Waals surface area contributed by atoms with Gasteiger partial charge >= 0.3 is 0 Å². The van der Waals surface area contributed by atoms with Crippen molar-refractivity contribution in [1.29, 1.82) is 0 Å². The third-order valence-electron chi connectivity index (χ3n) is 2.92. The lowest BCUT2D eigenvalue weighted by atomic mass is 10.3. The van der Waals surface area contributed by atoms with Gasteiger partial charge in [-0.15, -0.1) is 0 Å². The predicted octanol–water partition coefficient (Wildman–Crippen LogP) is 3.80. The summed E-state index contributed by atoms with van der Waals surface area (Å²) < 4.78 is 24.4. The van der Waals surface area contributed by atoms with Crippen molar-refractivity contribution in [2.75, 3.05) is 11.1 Å². The summed E-state index contributed by atoms with van der Waals surface area (Å²) in [6.07, 6.45) is -0.182. The van der Waals surface area contributed by atoms with Gasteiger partial charge in [0.05, 0.1) is 26.4 Å². The number of hydrogen-bond donors (Lipinski definition) is 1. The molecule has 22 heavy (non-hydrogen) atoms. The monoisotopic (exact) mass is 357 g/mol. The Morgan fingerprint density at radius 3 is 2.18 bits per heavy atom. The molecule has 0 bridgehead atoms. The zero-order valence-electron chi connectivity index (χ0n) is 11.4. The molecule has 2 aromatic rings. The van der Waals surface area contributed by atoms with Gasteiger partial charge < -0.3 is 5.32 Å². The zero-order chi connectivity index (χ0) is 16.2. The molecule has 0 aliphatic rings. The SMILES string of the molecule is O=C(CCS(=O)(=O)c1ccccc1Cl)Nc1ccccc1Cl. The summed E-state index contributed by atoms with van der Waals surface area (Å²) >= 11 is 11.8. The Morgan fingerprint density at radius 1 is 0.955 bits per heavy atom. The fraction of sp³-hybridized carbons (Fsp3) is 0.133. The number of sulfone groups is 1. The second kappa shape index (κ2) is 7.13. The first-order chi connectivity index (χ1) is 10.4. The Kier molecular flexibility index (Phi) is 5.45. The molecular formula is C15H13Cl2NO3S. The number of rotatable bonds is 5. The van der Waals surface area contributed by atoms with Gasteiger partial charge in [-0.05, 0) is 24.3 Å². The van der Waals surface area contributed by atoms with Crippen LogP contribution in [0.5, 0.6) is 0 Å². The summed E-state index contributed by atoms with van der Waals surface area (Å²) in [6, 6.07) is 12.9. The standard InChI is InChI=1S/C15H13Cl2NO3S/c16-11-5-1-3-7-13(11)18-15(19)9-10-22(20,21)14-8-4-2-6-12(14)17/h1-8H,9-10H2,(H,18,19). The van der Waals surface area contributed by atoms with Crippen LogP contribution in [0.25, 0.3) is 0 Å². The molecule has 0 heterocycles. The van der Waals surface area contributed by atoms with Gasteiger partial charge in [-0.1, -0.05) is 47.5 Å². The van der Waals surface area contributed by atoms with Crippen molar-refractivity contribution in [2.24, 2.45) is 0 Å². The minimum Gasteiger partial charge on any atom is -0.325 e. The third-order valence-corrected chi connectivity index (χ3v) is 5.46. The maximum atomic E-state index is 12.2. The molecule has 4 nitrogen and oxygen atoms in total. The molecule has 0 fully saturated rings. The normalized spacial score (nSPS) is 11.2. The number of hydrogen-bond acceptors (Lipinski definition) is 3. The number of anilines is 1. The maximum absolute atomic E-state index is 12.2. The second-order valence-electron chi connectivity index (χ2n) is 4.53. The van der Waals surface area contributed by atoms with Gasteiger partial charge in [-0.2, -0.15) is 0 Å². The highest BCUT2D eigenvalue weighted by molar-refractivity contribution is 7.91. The summed E-state index contributed by atoms with van der Waals surface area (Å²) in [5.41, 5.74) is 0.448. The first-order valence-electron chi connectivity index (χ1n) is 6.42. The van der Waals surface area contributed by atoms with Crippen LogP contribution in [0, 0.1) is 0 Å². The van der Waals surface area contributed by atoms with E-state index in [1.807, 2.05) is 0 Å². The lowest BCUT2D eigenvalue weighted by molar-refractivity contribution is -0.115. The van der Waals surface area contributed by atoms with Gasteiger partial charge in [0, 0.05) is 6.42 Å². The molecule has 1 N–H and O–H groups in total. The van der Waals surface area contributed by atoms with Crippen LogP contribution in [0.4, 0.5) is 5.69 Å². The molecule has 0 saturated heterocycles. The van der Waals surface area contributed by atoms with Crippen LogP contribution >= 0.6 is 23.2 Å². The average molecular weight is 358 g/mol. The number of amides is 1. The van der Waals surface area contributed by atoms with Gasteiger partial charge in [-0.25, -0.2) is 8.42 Å². The average Bonchev–Trinajstić information content (AvgIpc) is 2.48. The van der Waals surface area contributed by atoms with E-state index in [0.29, 0.717) is 10.7 Å². The highest BCUT2D eigenvalue weighted by Gasteiger charge is 2.19. The van der Waals surface area contributed by atoms with Gasteiger partial charge in [0.15, 0.2) is 9.84 Å². The predicted molar refractivity (Wildman–Crippen MR) is 88.2 cm³/mol. The molecule has 116 valence electrons. The van der Waals surface area contributed by atoms with Crippen molar-refractivity contribution in [3.63, 3.8) is 0 Å². The highest BCUT2D eigenvalue weighted by Crippen LogP contribution is 2.23. The van der Waals surface area contributed by atoms with Gasteiger partial charge in [0.1, 0.15) is 0 Å². The number of halogens is 2. The van der Waals surface area contributed by atoms with Crippen molar-refractivity contribution in [3.8, 4) is 0 Å². The van der Waals surface area contributed by atoms with Crippen molar-refractivity contribution < 1.29 is 13.2 Å². The van der Waals surface area contributed by atoms with E-state index in [0.717, 1.165) is 0 Å². The summed E-state index contributed by atoms with van der Waals surface area (Å²) in [5, 5.41) is 3.12. The smallest absolute Gasteiger partial charge is 0.225 e. The first kappa shape index (κ1) is 16.8. The van der Waals surface area contributed by atoms with Crippen LogP contribution in [0.3, 0.4) is 0 Å². The molecular weight excluding hydrogens is 345 g/mol. The van der Waals surface area contributed by atoms with E-state index in [-0.39, 0.29) is 22.1 Å². The van der Waals surface area contributed by atoms with Crippen LogP contribution in [0.1, 0.15) is 6.42 Å². The van der Waals surface area contributed by atoms with Crippen LogP contribution in [0.2, 0.25) is 10.0 Å². The van der Waals surface area contributed by atoms with Crippen LogP contribution in [0.15, 0.2) is 53.4 Å². The van der Waals surface area contributed by atoms with Crippen molar-refractivity contribution in [1.82, 2.24) is 0 Å². The van der Waals surface area contributed by atoms with E-state index >= 15 is 0 Å². The molecule has 0 spiro atoms. The summed E-state index contributed by atoms with van der Waals surface area (Å²) in [5.74, 6) is -0.753.